The summed E-state index contributed by atoms with van der Waals surface area (Å²) in [6, 6.07) is 6.83. The molecule has 0 heterocycles. The molecular formula is C24H40N2O6. The van der Waals surface area contributed by atoms with Crippen LogP contribution in [0, 0.1) is 0 Å². The highest BCUT2D eigenvalue weighted by atomic mass is 16.5. The second-order valence-corrected chi connectivity index (χ2v) is 7.45. The Labute approximate surface area is 192 Å². The van der Waals surface area contributed by atoms with E-state index in [1.807, 2.05) is 31.2 Å². The van der Waals surface area contributed by atoms with E-state index in [9.17, 15) is 9.59 Å². The van der Waals surface area contributed by atoms with E-state index in [4.69, 9.17) is 24.7 Å². The van der Waals surface area contributed by atoms with Crippen LogP contribution in [0.15, 0.2) is 24.3 Å². The molecular weight excluding hydrogens is 412 g/mol. The largest absolute Gasteiger partial charge is 0.494 e. The molecule has 0 saturated carbocycles. The van der Waals surface area contributed by atoms with Crippen LogP contribution < -0.4 is 15.8 Å². The van der Waals surface area contributed by atoms with Crippen LogP contribution in [0.4, 0.5) is 0 Å². The zero-order chi connectivity index (χ0) is 23.4. The minimum Gasteiger partial charge on any atom is -0.494 e. The van der Waals surface area contributed by atoms with Crippen LogP contribution in [0.1, 0.15) is 51.5 Å². The summed E-state index contributed by atoms with van der Waals surface area (Å²) in [6.07, 6.45) is 4.29. The van der Waals surface area contributed by atoms with E-state index < -0.39 is 12.0 Å². The Kier molecular flexibility index (Phi) is 16.0. The van der Waals surface area contributed by atoms with Crippen molar-refractivity contribution in [2.45, 2.75) is 58.4 Å². The fraction of sp³-hybridized carbons (Fsp3) is 0.667. The fourth-order valence-corrected chi connectivity index (χ4v) is 2.74. The van der Waals surface area contributed by atoms with Gasteiger partial charge in [0.05, 0.1) is 39.6 Å². The first kappa shape index (κ1) is 27.9. The lowest BCUT2D eigenvalue weighted by Crippen LogP contribution is -2.43. The third kappa shape index (κ3) is 13.3. The molecule has 0 spiro atoms. The second-order valence-electron chi connectivity index (χ2n) is 7.45. The van der Waals surface area contributed by atoms with Crippen molar-refractivity contribution in [3.8, 4) is 5.75 Å². The van der Waals surface area contributed by atoms with Crippen LogP contribution in [0.25, 0.3) is 0 Å². The van der Waals surface area contributed by atoms with Crippen molar-refractivity contribution >= 4 is 11.9 Å². The number of nitrogens with two attached hydrogens (primary N) is 1. The zero-order valence-electron chi connectivity index (χ0n) is 19.6. The number of rotatable bonds is 19. The van der Waals surface area contributed by atoms with Crippen LogP contribution in [0.3, 0.4) is 0 Å². The van der Waals surface area contributed by atoms with E-state index in [-0.39, 0.29) is 18.9 Å². The van der Waals surface area contributed by atoms with Crippen LogP contribution in [-0.4, -0.2) is 64.1 Å². The van der Waals surface area contributed by atoms with Crippen LogP contribution in [-0.2, 0) is 30.2 Å². The summed E-state index contributed by atoms with van der Waals surface area (Å²) in [5, 5.41) is 2.79. The van der Waals surface area contributed by atoms with Crippen molar-refractivity contribution < 1.29 is 28.5 Å². The van der Waals surface area contributed by atoms with Crippen molar-refractivity contribution in [2.75, 3.05) is 46.2 Å². The summed E-state index contributed by atoms with van der Waals surface area (Å²) in [5.41, 5.74) is 6.26. The number of amides is 1. The summed E-state index contributed by atoms with van der Waals surface area (Å²) in [7, 11) is 0. The number of benzene rings is 1. The molecule has 32 heavy (non-hydrogen) atoms. The molecule has 1 atom stereocenters. The van der Waals surface area contributed by atoms with Gasteiger partial charge in [-0.3, -0.25) is 4.79 Å². The third-order valence-corrected chi connectivity index (χ3v) is 4.60. The third-order valence-electron chi connectivity index (χ3n) is 4.60. The first-order valence-corrected chi connectivity index (χ1v) is 11.6. The Bertz CT molecular complexity index is 623. The highest BCUT2D eigenvalue weighted by Crippen LogP contribution is 2.14. The quantitative estimate of drug-likeness (QED) is 0.245. The lowest BCUT2D eigenvalue weighted by molar-refractivity contribution is -0.148. The van der Waals surface area contributed by atoms with Crippen LogP contribution >= 0.6 is 0 Å². The molecule has 1 amide bonds. The molecule has 1 rings (SSSR count). The Balaban J connectivity index is 2.55. The van der Waals surface area contributed by atoms with Crippen molar-refractivity contribution in [3.05, 3.63) is 29.8 Å². The number of unbranched alkanes of at least 4 members (excludes halogenated alkanes) is 2. The molecule has 0 unspecified atom stereocenters. The van der Waals surface area contributed by atoms with E-state index in [0.29, 0.717) is 46.0 Å². The van der Waals surface area contributed by atoms with E-state index in [0.717, 1.165) is 37.0 Å². The van der Waals surface area contributed by atoms with Crippen LogP contribution in [0.2, 0.25) is 0 Å². The highest BCUT2D eigenvalue weighted by Gasteiger charge is 2.22. The molecule has 0 radical (unpaired) electrons. The predicted molar refractivity (Wildman–Crippen MR) is 124 cm³/mol. The molecule has 3 N–H and O–H groups in total. The number of esters is 1. The monoisotopic (exact) mass is 452 g/mol. The Morgan fingerprint density at radius 1 is 0.906 bits per heavy atom. The summed E-state index contributed by atoms with van der Waals surface area (Å²) in [6.45, 7) is 7.19. The van der Waals surface area contributed by atoms with E-state index in [1.165, 1.54) is 0 Å². The van der Waals surface area contributed by atoms with E-state index in [2.05, 4.69) is 12.2 Å². The van der Waals surface area contributed by atoms with Gasteiger partial charge in [0.25, 0.3) is 0 Å². The van der Waals surface area contributed by atoms with Gasteiger partial charge < -0.3 is 30.0 Å². The van der Waals surface area contributed by atoms with E-state index in [1.54, 1.807) is 0 Å². The van der Waals surface area contributed by atoms with Gasteiger partial charge in [-0.2, -0.15) is 0 Å². The smallest absolute Gasteiger partial charge is 0.328 e. The fourth-order valence-electron chi connectivity index (χ4n) is 2.74. The van der Waals surface area contributed by atoms with Gasteiger partial charge in [-0.15, -0.1) is 0 Å². The first-order chi connectivity index (χ1) is 15.6. The van der Waals surface area contributed by atoms with Gasteiger partial charge in [-0.05, 0) is 30.5 Å². The minimum atomic E-state index is -0.751. The SMILES string of the molecule is CCCCOC(=O)[C@H](Cc1ccc(OCCCC)cc1)NC(=O)CCOCCOCCN. The molecule has 8 heteroatoms. The van der Waals surface area contributed by atoms with Gasteiger partial charge in [0.15, 0.2) is 0 Å². The van der Waals surface area contributed by atoms with Gasteiger partial charge in [0.1, 0.15) is 11.8 Å². The average molecular weight is 453 g/mol. The number of carbonyl (C=O) groups is 2. The van der Waals surface area contributed by atoms with Gasteiger partial charge in [-0.1, -0.05) is 38.8 Å². The summed E-state index contributed by atoms with van der Waals surface area (Å²) < 4.78 is 21.6. The van der Waals surface area contributed by atoms with Gasteiger partial charge >= 0.3 is 5.97 Å². The van der Waals surface area contributed by atoms with Crippen molar-refractivity contribution in [1.29, 1.82) is 0 Å². The molecule has 182 valence electrons. The Morgan fingerprint density at radius 2 is 1.56 bits per heavy atom. The normalized spacial score (nSPS) is 11.7. The average Bonchev–Trinajstić information content (AvgIpc) is 2.79. The van der Waals surface area contributed by atoms with Gasteiger partial charge in [0, 0.05) is 19.4 Å². The number of hydrogen-bond donors (Lipinski definition) is 2. The molecule has 1 aromatic carbocycles. The molecule has 0 fully saturated rings. The number of hydrogen-bond acceptors (Lipinski definition) is 7. The second kappa shape index (κ2) is 18.4. The molecule has 0 aliphatic rings. The summed E-state index contributed by atoms with van der Waals surface area (Å²) in [4.78, 5) is 24.9. The zero-order valence-corrected chi connectivity index (χ0v) is 19.6. The van der Waals surface area contributed by atoms with Crippen LogP contribution in [0.5, 0.6) is 5.75 Å². The summed E-state index contributed by atoms with van der Waals surface area (Å²) >= 11 is 0. The molecule has 0 aliphatic carbocycles. The minimum absolute atomic E-state index is 0.153. The van der Waals surface area contributed by atoms with Gasteiger partial charge in [0.2, 0.25) is 5.91 Å². The molecule has 0 bridgehead atoms. The maximum atomic E-state index is 12.6. The lowest BCUT2D eigenvalue weighted by Gasteiger charge is -2.18. The maximum Gasteiger partial charge on any atom is 0.328 e. The molecule has 1 aromatic rings. The predicted octanol–water partition coefficient (Wildman–Crippen LogP) is 2.62. The van der Waals surface area contributed by atoms with Crippen molar-refractivity contribution in [2.24, 2.45) is 5.73 Å². The van der Waals surface area contributed by atoms with Gasteiger partial charge in [-0.25, -0.2) is 4.79 Å². The van der Waals surface area contributed by atoms with Crippen molar-refractivity contribution in [1.82, 2.24) is 5.32 Å². The van der Waals surface area contributed by atoms with E-state index >= 15 is 0 Å². The Morgan fingerprint density at radius 3 is 2.22 bits per heavy atom. The molecule has 0 saturated heterocycles. The molecule has 8 nitrogen and oxygen atoms in total. The molecule has 0 aromatic heterocycles. The maximum absolute atomic E-state index is 12.6. The van der Waals surface area contributed by atoms with Crippen molar-refractivity contribution in [3.63, 3.8) is 0 Å². The first-order valence-electron chi connectivity index (χ1n) is 11.6. The standard InChI is InChI=1S/C24H40N2O6/c1-3-5-13-31-21-9-7-20(8-10-21)19-22(24(28)32-14-6-4-2)26-23(27)11-15-29-17-18-30-16-12-25/h7-10,22H,3-6,11-19,25H2,1-2H3,(H,26,27)/t22-/m0/s1. The number of ether oxygens (including phenoxy) is 4. The molecule has 0 aliphatic heterocycles. The number of nitrogens with one attached hydrogen (secondary N) is 1. The lowest BCUT2D eigenvalue weighted by atomic mass is 10.1. The highest BCUT2D eigenvalue weighted by molar-refractivity contribution is 5.84. The topological polar surface area (TPSA) is 109 Å². The summed E-state index contributed by atoms with van der Waals surface area (Å²) in [5.74, 6) is 0.108. The number of carbonyl (C=O) groups excluding carboxylic acids is 2. The Hall–Kier alpha value is -2.16.